The molecule has 2 aromatic rings. The minimum atomic E-state index is 0.708. The monoisotopic (exact) mass is 353 g/mol. The van der Waals surface area contributed by atoms with E-state index in [0.717, 1.165) is 17.3 Å². The van der Waals surface area contributed by atoms with Crippen molar-refractivity contribution in [3.05, 3.63) is 51.9 Å². The Labute approximate surface area is 121 Å². The third kappa shape index (κ3) is 2.75. The van der Waals surface area contributed by atoms with Crippen molar-refractivity contribution in [2.75, 3.05) is 11.9 Å². The Morgan fingerprint density at radius 2 is 2.22 bits per heavy atom. The number of benzene rings is 1. The summed E-state index contributed by atoms with van der Waals surface area (Å²) in [5.74, 6) is 0.859. The Hall–Kier alpha value is -1.30. The minimum absolute atomic E-state index is 0.708. The maximum Gasteiger partial charge on any atom is 0.207 e. The maximum absolute atomic E-state index is 4.50. The Kier molecular flexibility index (Phi) is 4.06. The zero-order valence-corrected chi connectivity index (χ0v) is 12.7. The summed E-state index contributed by atoms with van der Waals surface area (Å²) in [4.78, 5) is 4.50. The van der Waals surface area contributed by atoms with E-state index in [-0.39, 0.29) is 0 Å². The summed E-state index contributed by atoms with van der Waals surface area (Å²) in [6.07, 6.45) is 3.87. The van der Waals surface area contributed by atoms with Crippen LogP contribution in [0.5, 0.6) is 0 Å². The molecule has 0 unspecified atom stereocenters. The average molecular weight is 353 g/mol. The summed E-state index contributed by atoms with van der Waals surface area (Å²) in [6, 6.07) is 6.40. The van der Waals surface area contributed by atoms with Gasteiger partial charge < -0.3 is 5.32 Å². The number of hydrogen-bond donors (Lipinski definition) is 1. The fraction of sp³-hybridized carbons (Fsp3) is 0.214. The molecular formula is C14H16IN3. The van der Waals surface area contributed by atoms with Crippen LogP contribution in [0.15, 0.2) is 37.1 Å². The third-order valence-corrected chi connectivity index (χ3v) is 3.33. The first-order valence-corrected chi connectivity index (χ1v) is 6.87. The first-order valence-electron chi connectivity index (χ1n) is 5.79. The fourth-order valence-corrected chi connectivity index (χ4v) is 2.29. The van der Waals surface area contributed by atoms with Crippen LogP contribution in [0.3, 0.4) is 0 Å². The molecule has 0 radical (unpaired) electrons. The van der Waals surface area contributed by atoms with Gasteiger partial charge >= 0.3 is 0 Å². The van der Waals surface area contributed by atoms with Crippen LogP contribution in [0.1, 0.15) is 11.3 Å². The van der Waals surface area contributed by atoms with Gasteiger partial charge in [-0.05, 0) is 54.1 Å². The number of hydrogen-bond acceptors (Lipinski definition) is 2. The number of imidazole rings is 1. The van der Waals surface area contributed by atoms with E-state index in [1.807, 2.05) is 19.2 Å². The lowest BCUT2D eigenvalue weighted by molar-refractivity contribution is 1.02. The number of anilines is 1. The van der Waals surface area contributed by atoms with Gasteiger partial charge in [0, 0.05) is 16.3 Å². The van der Waals surface area contributed by atoms with Gasteiger partial charge in [-0.25, -0.2) is 4.98 Å². The van der Waals surface area contributed by atoms with Crippen LogP contribution < -0.4 is 5.32 Å². The molecule has 0 aliphatic carbocycles. The molecule has 18 heavy (non-hydrogen) atoms. The first kappa shape index (κ1) is 13.1. The summed E-state index contributed by atoms with van der Waals surface area (Å²) < 4.78 is 3.31. The molecule has 94 valence electrons. The Balaban J connectivity index is 2.48. The number of nitrogens with one attached hydrogen (secondary N) is 1. The Morgan fingerprint density at radius 1 is 1.44 bits per heavy atom. The van der Waals surface area contributed by atoms with Crippen molar-refractivity contribution in [3.63, 3.8) is 0 Å². The standard InChI is InChI=1S/C14H16IN3/c1-4-7-16-14-17-11(3)9-18(14)13-8-12(15)6-5-10(13)2/h4-6,8-9H,1,7H2,2-3H3,(H,16,17). The fourth-order valence-electron chi connectivity index (χ4n) is 1.81. The molecule has 4 heteroatoms. The highest BCUT2D eigenvalue weighted by molar-refractivity contribution is 14.1. The predicted molar refractivity (Wildman–Crippen MR) is 84.4 cm³/mol. The van der Waals surface area contributed by atoms with Gasteiger partial charge in [0.2, 0.25) is 5.95 Å². The lowest BCUT2D eigenvalue weighted by Gasteiger charge is -2.11. The van der Waals surface area contributed by atoms with Gasteiger partial charge in [-0.3, -0.25) is 4.57 Å². The normalized spacial score (nSPS) is 10.4. The van der Waals surface area contributed by atoms with Crippen molar-refractivity contribution < 1.29 is 0 Å². The van der Waals surface area contributed by atoms with Gasteiger partial charge in [0.1, 0.15) is 0 Å². The van der Waals surface area contributed by atoms with E-state index in [9.17, 15) is 0 Å². The molecule has 3 nitrogen and oxygen atoms in total. The molecule has 0 bridgehead atoms. The van der Waals surface area contributed by atoms with Gasteiger partial charge in [0.25, 0.3) is 0 Å². The smallest absolute Gasteiger partial charge is 0.207 e. The highest BCUT2D eigenvalue weighted by atomic mass is 127. The summed E-state index contributed by atoms with van der Waals surface area (Å²) in [6.45, 7) is 8.53. The van der Waals surface area contributed by atoms with E-state index < -0.39 is 0 Å². The van der Waals surface area contributed by atoms with Crippen LogP contribution in [0.2, 0.25) is 0 Å². The van der Waals surface area contributed by atoms with Gasteiger partial charge in [0.15, 0.2) is 0 Å². The van der Waals surface area contributed by atoms with E-state index in [0.29, 0.717) is 6.54 Å². The van der Waals surface area contributed by atoms with Crippen molar-refractivity contribution in [1.29, 1.82) is 0 Å². The number of nitrogens with zero attached hydrogens (tertiary/aromatic N) is 2. The van der Waals surface area contributed by atoms with Gasteiger partial charge in [-0.15, -0.1) is 6.58 Å². The molecular weight excluding hydrogens is 337 g/mol. The molecule has 0 saturated carbocycles. The molecule has 0 aliphatic rings. The third-order valence-electron chi connectivity index (χ3n) is 2.66. The topological polar surface area (TPSA) is 29.9 Å². The van der Waals surface area contributed by atoms with Crippen molar-refractivity contribution in [3.8, 4) is 5.69 Å². The van der Waals surface area contributed by atoms with Gasteiger partial charge in [-0.2, -0.15) is 0 Å². The summed E-state index contributed by atoms with van der Waals surface area (Å²) in [5.41, 5.74) is 3.39. The zero-order valence-electron chi connectivity index (χ0n) is 10.6. The molecule has 1 N–H and O–H groups in total. The van der Waals surface area contributed by atoms with Gasteiger partial charge in [0.05, 0.1) is 11.4 Å². The molecule has 1 aromatic carbocycles. The molecule has 1 aromatic heterocycles. The number of rotatable bonds is 4. The highest BCUT2D eigenvalue weighted by Crippen LogP contribution is 2.22. The number of halogens is 1. The zero-order chi connectivity index (χ0) is 13.1. The minimum Gasteiger partial charge on any atom is -0.352 e. The molecule has 0 amide bonds. The lowest BCUT2D eigenvalue weighted by Crippen LogP contribution is -2.06. The van der Waals surface area contributed by atoms with Crippen LogP contribution in [-0.4, -0.2) is 16.1 Å². The molecule has 0 aliphatic heterocycles. The van der Waals surface area contributed by atoms with Crippen molar-refractivity contribution in [2.45, 2.75) is 13.8 Å². The highest BCUT2D eigenvalue weighted by Gasteiger charge is 2.09. The SMILES string of the molecule is C=CCNc1nc(C)cn1-c1cc(I)ccc1C. The van der Waals surface area contributed by atoms with Crippen LogP contribution in [-0.2, 0) is 0 Å². The second kappa shape index (κ2) is 5.56. The largest absolute Gasteiger partial charge is 0.352 e. The summed E-state index contributed by atoms with van der Waals surface area (Å²) >= 11 is 2.33. The van der Waals surface area contributed by atoms with E-state index in [4.69, 9.17) is 0 Å². The molecule has 2 rings (SSSR count). The van der Waals surface area contributed by atoms with Gasteiger partial charge in [-0.1, -0.05) is 12.1 Å². The summed E-state index contributed by atoms with van der Waals surface area (Å²) in [7, 11) is 0. The van der Waals surface area contributed by atoms with Crippen molar-refractivity contribution in [2.24, 2.45) is 0 Å². The average Bonchev–Trinajstić information content (AvgIpc) is 2.71. The van der Waals surface area contributed by atoms with Crippen LogP contribution in [0.25, 0.3) is 5.69 Å². The number of aryl methyl sites for hydroxylation is 2. The summed E-state index contributed by atoms with van der Waals surface area (Å²) in [5, 5.41) is 3.26. The molecule has 0 saturated heterocycles. The second-order valence-corrected chi connectivity index (χ2v) is 5.42. The number of aromatic nitrogens is 2. The van der Waals surface area contributed by atoms with Crippen LogP contribution >= 0.6 is 22.6 Å². The molecule has 1 heterocycles. The second-order valence-electron chi connectivity index (χ2n) is 4.18. The van der Waals surface area contributed by atoms with E-state index in [2.05, 4.69) is 69.2 Å². The van der Waals surface area contributed by atoms with Crippen LogP contribution in [0.4, 0.5) is 5.95 Å². The molecule has 0 atom stereocenters. The van der Waals surface area contributed by atoms with Crippen LogP contribution in [0, 0.1) is 17.4 Å². The van der Waals surface area contributed by atoms with E-state index in [1.54, 1.807) is 0 Å². The lowest BCUT2D eigenvalue weighted by atomic mass is 10.2. The van der Waals surface area contributed by atoms with Crippen molar-refractivity contribution >= 4 is 28.5 Å². The molecule has 0 spiro atoms. The molecule has 0 fully saturated rings. The Bertz CT molecular complexity index is 572. The first-order chi connectivity index (χ1) is 8.61. The van der Waals surface area contributed by atoms with E-state index in [1.165, 1.54) is 9.13 Å². The van der Waals surface area contributed by atoms with Crippen molar-refractivity contribution in [1.82, 2.24) is 9.55 Å². The predicted octanol–water partition coefficient (Wildman–Crippen LogP) is 3.69. The van der Waals surface area contributed by atoms with E-state index >= 15 is 0 Å². The Morgan fingerprint density at radius 3 is 2.94 bits per heavy atom. The maximum atomic E-state index is 4.50. The quantitative estimate of drug-likeness (QED) is 0.671.